The zero-order valence-corrected chi connectivity index (χ0v) is 8.97. The van der Waals surface area contributed by atoms with E-state index in [0.29, 0.717) is 5.84 Å². The Morgan fingerprint density at radius 3 is 2.54 bits per heavy atom. The summed E-state index contributed by atoms with van der Waals surface area (Å²) in [6, 6.07) is 9.58. The van der Waals surface area contributed by atoms with Crippen molar-refractivity contribution in [3.8, 4) is 0 Å². The van der Waals surface area contributed by atoms with Crippen molar-refractivity contribution < 1.29 is 0 Å². The Bertz CT molecular complexity index is 330. The third-order valence-electron chi connectivity index (χ3n) is 1.39. The van der Waals surface area contributed by atoms with Crippen molar-refractivity contribution in [2.24, 2.45) is 9.98 Å². The van der Waals surface area contributed by atoms with Crippen molar-refractivity contribution in [3.63, 3.8) is 0 Å². The zero-order chi connectivity index (χ0) is 9.52. The molecule has 0 bridgehead atoms. The number of benzene rings is 1. The van der Waals surface area contributed by atoms with Gasteiger partial charge in [0.15, 0.2) is 5.84 Å². The Morgan fingerprint density at radius 2 is 2.00 bits per heavy atom. The summed E-state index contributed by atoms with van der Waals surface area (Å²) < 4.78 is 1.63. The predicted molar refractivity (Wildman–Crippen MR) is 64.3 cm³/mol. The molecule has 1 aromatic carbocycles. The van der Waals surface area contributed by atoms with Gasteiger partial charge in [0.1, 0.15) is 6.34 Å². The highest BCUT2D eigenvalue weighted by atomic mass is 127. The van der Waals surface area contributed by atoms with Gasteiger partial charge in [-0.05, 0) is 22.6 Å². The molecule has 0 aromatic heterocycles. The fraction of sp³-hybridized carbons (Fsp3) is 0. The van der Waals surface area contributed by atoms with Crippen molar-refractivity contribution in [1.82, 2.24) is 0 Å². The molecule has 0 spiro atoms. The molecule has 4 heteroatoms. The van der Waals surface area contributed by atoms with Gasteiger partial charge in [-0.15, -0.1) is 0 Å². The van der Waals surface area contributed by atoms with E-state index in [4.69, 9.17) is 5.41 Å². The van der Waals surface area contributed by atoms with Crippen LogP contribution in [-0.4, -0.2) is 16.4 Å². The first-order valence-corrected chi connectivity index (χ1v) is 4.88. The molecule has 13 heavy (non-hydrogen) atoms. The first kappa shape index (κ1) is 10.0. The molecule has 0 saturated heterocycles. The van der Waals surface area contributed by atoms with Gasteiger partial charge in [0.2, 0.25) is 0 Å². The van der Waals surface area contributed by atoms with Gasteiger partial charge in [-0.2, -0.15) is 0 Å². The van der Waals surface area contributed by atoms with E-state index < -0.39 is 0 Å². The normalized spacial score (nSPS) is 11.9. The summed E-state index contributed by atoms with van der Waals surface area (Å²) in [5.41, 5.74) is 0.916. The smallest absolute Gasteiger partial charge is 0.161 e. The molecule has 0 heterocycles. The van der Waals surface area contributed by atoms with Crippen LogP contribution in [0.1, 0.15) is 5.56 Å². The van der Waals surface area contributed by atoms with Crippen LogP contribution in [0.3, 0.4) is 0 Å². The molecule has 0 unspecified atom stereocenters. The lowest BCUT2D eigenvalue weighted by atomic mass is 10.2. The van der Waals surface area contributed by atoms with E-state index in [1.165, 1.54) is 0 Å². The summed E-state index contributed by atoms with van der Waals surface area (Å²) >= 11 is 2.02. The molecule has 0 aliphatic carbocycles. The average Bonchev–Trinajstić information content (AvgIpc) is 2.19. The van der Waals surface area contributed by atoms with Crippen molar-refractivity contribution in [1.29, 1.82) is 5.41 Å². The highest BCUT2D eigenvalue weighted by Crippen LogP contribution is 2.02. The molecule has 0 amide bonds. The molecule has 0 aliphatic heterocycles. The van der Waals surface area contributed by atoms with E-state index in [9.17, 15) is 0 Å². The van der Waals surface area contributed by atoms with Crippen LogP contribution in [0.25, 0.3) is 0 Å². The van der Waals surface area contributed by atoms with Gasteiger partial charge < -0.3 is 0 Å². The second kappa shape index (κ2) is 5.58. The minimum absolute atomic E-state index is 0.560. The Kier molecular flexibility index (Phi) is 4.31. The van der Waals surface area contributed by atoms with Crippen LogP contribution in [0.5, 0.6) is 0 Å². The second-order valence-corrected chi connectivity index (χ2v) is 2.73. The van der Waals surface area contributed by atoms with Gasteiger partial charge in [0.25, 0.3) is 0 Å². The largest absolute Gasteiger partial charge is 0.289 e. The SMILES string of the molecule is N=CN=C(N=CI)c1ccccc1. The van der Waals surface area contributed by atoms with Crippen molar-refractivity contribution in [3.05, 3.63) is 35.9 Å². The van der Waals surface area contributed by atoms with Crippen LogP contribution in [0.2, 0.25) is 0 Å². The van der Waals surface area contributed by atoms with Crippen LogP contribution < -0.4 is 0 Å². The molecule has 1 rings (SSSR count). The topological polar surface area (TPSA) is 48.6 Å². The van der Waals surface area contributed by atoms with Crippen molar-refractivity contribution in [2.75, 3.05) is 0 Å². The lowest BCUT2D eigenvalue weighted by molar-refractivity contribution is 1.48. The van der Waals surface area contributed by atoms with Gasteiger partial charge in [-0.1, -0.05) is 30.3 Å². The quantitative estimate of drug-likeness (QED) is 0.493. The lowest BCUT2D eigenvalue weighted by Crippen LogP contribution is -1.96. The van der Waals surface area contributed by atoms with Gasteiger partial charge in [0, 0.05) is 5.56 Å². The first-order chi connectivity index (χ1) is 6.38. The number of nitrogens with zero attached hydrogens (tertiary/aromatic N) is 2. The number of nitrogens with one attached hydrogen (secondary N) is 1. The molecule has 0 radical (unpaired) electrons. The maximum Gasteiger partial charge on any atom is 0.161 e. The number of aliphatic imine (C=N–C) groups is 2. The molecular formula is C9H8IN3. The Balaban J connectivity index is 3.03. The van der Waals surface area contributed by atoms with Crippen molar-refractivity contribution in [2.45, 2.75) is 0 Å². The zero-order valence-electron chi connectivity index (χ0n) is 6.81. The fourth-order valence-electron chi connectivity index (χ4n) is 0.877. The molecule has 0 atom stereocenters. The highest BCUT2D eigenvalue weighted by molar-refractivity contribution is 14.1. The van der Waals surface area contributed by atoms with E-state index in [-0.39, 0.29) is 0 Å². The van der Waals surface area contributed by atoms with E-state index >= 15 is 0 Å². The number of hydrogen-bond donors (Lipinski definition) is 1. The average molecular weight is 285 g/mol. The third kappa shape index (κ3) is 3.06. The number of rotatable bonds is 2. The minimum atomic E-state index is 0.560. The van der Waals surface area contributed by atoms with E-state index in [1.54, 1.807) is 4.22 Å². The summed E-state index contributed by atoms with van der Waals surface area (Å²) in [5.74, 6) is 0.560. The predicted octanol–water partition coefficient (Wildman–Crippen LogP) is 2.50. The van der Waals surface area contributed by atoms with Gasteiger partial charge in [-0.25, -0.2) is 9.98 Å². The van der Waals surface area contributed by atoms with Crippen LogP contribution in [0, 0.1) is 5.41 Å². The molecule has 1 N–H and O–H groups in total. The number of amidine groups is 1. The minimum Gasteiger partial charge on any atom is -0.289 e. The van der Waals surface area contributed by atoms with E-state index in [0.717, 1.165) is 11.9 Å². The van der Waals surface area contributed by atoms with Crippen LogP contribution >= 0.6 is 22.6 Å². The summed E-state index contributed by atoms with van der Waals surface area (Å²) in [6.07, 6.45) is 0.992. The molecule has 1 aromatic rings. The Hall–Kier alpha value is -1.04. The lowest BCUT2D eigenvalue weighted by Gasteiger charge is -1.96. The molecule has 0 aliphatic rings. The van der Waals surface area contributed by atoms with Crippen LogP contribution in [-0.2, 0) is 0 Å². The van der Waals surface area contributed by atoms with Crippen molar-refractivity contribution >= 4 is 39.0 Å². The number of halogens is 1. The summed E-state index contributed by atoms with van der Waals surface area (Å²) in [5, 5.41) is 6.87. The molecule has 0 saturated carbocycles. The Labute approximate surface area is 90.3 Å². The molecular weight excluding hydrogens is 277 g/mol. The fourth-order valence-corrected chi connectivity index (χ4v) is 1.14. The maximum atomic E-state index is 6.87. The summed E-state index contributed by atoms with van der Waals surface area (Å²) in [7, 11) is 0. The van der Waals surface area contributed by atoms with Gasteiger partial charge >= 0.3 is 0 Å². The third-order valence-corrected chi connectivity index (χ3v) is 1.67. The number of hydrogen-bond acceptors (Lipinski definition) is 1. The Morgan fingerprint density at radius 1 is 1.31 bits per heavy atom. The van der Waals surface area contributed by atoms with Crippen LogP contribution in [0.4, 0.5) is 0 Å². The van der Waals surface area contributed by atoms with E-state index in [2.05, 4.69) is 9.98 Å². The maximum absolute atomic E-state index is 6.87. The highest BCUT2D eigenvalue weighted by Gasteiger charge is 1.97. The van der Waals surface area contributed by atoms with E-state index in [1.807, 2.05) is 52.9 Å². The second-order valence-electron chi connectivity index (χ2n) is 2.17. The molecule has 66 valence electrons. The van der Waals surface area contributed by atoms with Gasteiger partial charge in [-0.3, -0.25) is 5.41 Å². The van der Waals surface area contributed by atoms with Gasteiger partial charge in [0.05, 0.1) is 4.22 Å². The first-order valence-electron chi connectivity index (χ1n) is 3.63. The molecule has 3 nitrogen and oxygen atoms in total. The summed E-state index contributed by atoms with van der Waals surface area (Å²) in [4.78, 5) is 7.88. The standard InChI is InChI=1S/C9H8IN3/c10-6-12-9(13-7-11)8-4-2-1-3-5-8/h1-7,11H. The monoisotopic (exact) mass is 285 g/mol. The summed E-state index contributed by atoms with van der Waals surface area (Å²) in [6.45, 7) is 0. The molecule has 0 fully saturated rings. The van der Waals surface area contributed by atoms with Crippen LogP contribution in [0.15, 0.2) is 40.3 Å².